The fourth-order valence-electron chi connectivity index (χ4n) is 5.78. The van der Waals surface area contributed by atoms with Crippen LogP contribution in [0.2, 0.25) is 0 Å². The summed E-state index contributed by atoms with van der Waals surface area (Å²) in [4.78, 5) is 17.6. The molecule has 32 heavy (non-hydrogen) atoms. The van der Waals surface area contributed by atoms with E-state index in [2.05, 4.69) is 44.3 Å². The van der Waals surface area contributed by atoms with Crippen LogP contribution in [0, 0.1) is 5.82 Å². The molecule has 0 unspecified atom stereocenters. The number of nitrogens with zero attached hydrogens (tertiary/aromatic N) is 2. The highest BCUT2D eigenvalue weighted by Gasteiger charge is 2.46. The maximum absolute atomic E-state index is 14.3. The fourth-order valence-corrected chi connectivity index (χ4v) is 6.23. The van der Waals surface area contributed by atoms with Gasteiger partial charge in [-0.2, -0.15) is 0 Å². The third-order valence-electron chi connectivity index (χ3n) is 7.57. The van der Waals surface area contributed by atoms with E-state index in [0.29, 0.717) is 6.54 Å². The average Bonchev–Trinajstić information content (AvgIpc) is 3.10. The predicted molar refractivity (Wildman–Crippen MR) is 129 cm³/mol. The Bertz CT molecular complexity index is 983. The average molecular weight is 500 g/mol. The Balaban J connectivity index is 1.31. The third-order valence-corrected chi connectivity index (χ3v) is 8.06. The number of hydrogen-bond donors (Lipinski definition) is 1. The molecule has 2 amide bonds. The van der Waals surface area contributed by atoms with Gasteiger partial charge in [0.15, 0.2) is 0 Å². The molecule has 1 saturated carbocycles. The number of fused-ring (bicyclic) bond motifs is 2. The Morgan fingerprint density at radius 2 is 1.88 bits per heavy atom. The lowest BCUT2D eigenvalue weighted by molar-refractivity contribution is 0.159. The van der Waals surface area contributed by atoms with Gasteiger partial charge in [0, 0.05) is 34.7 Å². The zero-order valence-electron chi connectivity index (χ0n) is 18.5. The summed E-state index contributed by atoms with van der Waals surface area (Å²) in [6.45, 7) is 3.45. The molecule has 0 atom stereocenters. The number of likely N-dealkylation sites (tertiary alicyclic amines) is 1. The minimum Gasteiger partial charge on any atom is -0.335 e. The number of piperidine rings is 1. The maximum atomic E-state index is 14.3. The fraction of sp³-hybridized carbons (Fsp3) is 0.500. The molecule has 0 bridgehead atoms. The summed E-state index contributed by atoms with van der Waals surface area (Å²) in [5.74, 6) is -0.214. The van der Waals surface area contributed by atoms with Gasteiger partial charge in [-0.05, 0) is 80.2 Å². The van der Waals surface area contributed by atoms with Crippen LogP contribution in [-0.2, 0) is 12.0 Å². The number of amides is 2. The first-order valence-electron chi connectivity index (χ1n) is 11.9. The summed E-state index contributed by atoms with van der Waals surface area (Å²) in [5.41, 5.74) is 3.04. The second-order valence-electron chi connectivity index (χ2n) is 9.72. The normalized spacial score (nSPS) is 21.0. The molecule has 1 aliphatic carbocycles. The number of benzene rings is 2. The van der Waals surface area contributed by atoms with Gasteiger partial charge in [0.2, 0.25) is 0 Å². The molecule has 2 aromatic carbocycles. The van der Waals surface area contributed by atoms with Crippen LogP contribution in [0.3, 0.4) is 0 Å². The zero-order chi connectivity index (χ0) is 22.1. The molecule has 170 valence electrons. The van der Waals surface area contributed by atoms with Gasteiger partial charge in [0.05, 0.1) is 0 Å². The summed E-state index contributed by atoms with van der Waals surface area (Å²) in [7, 11) is 0. The summed E-state index contributed by atoms with van der Waals surface area (Å²) < 4.78 is 15.4. The molecule has 2 fully saturated rings. The standard InChI is InChI=1S/C26H31BrFN3O/c27-20-6-4-5-19(15-20)17-30-13-11-26(12-14-30)18-31(24-10-9-21(28)16-23(24)26)25(32)29-22-7-2-1-3-8-22/h4-6,9-10,15-16,22H,1-3,7-8,11-14,17-18H2,(H,29,32). The van der Waals surface area contributed by atoms with Gasteiger partial charge >= 0.3 is 6.03 Å². The van der Waals surface area contributed by atoms with Gasteiger partial charge in [0.25, 0.3) is 0 Å². The van der Waals surface area contributed by atoms with Crippen molar-refractivity contribution in [2.75, 3.05) is 24.5 Å². The number of halogens is 2. The highest BCUT2D eigenvalue weighted by atomic mass is 79.9. The second kappa shape index (κ2) is 9.14. The molecular weight excluding hydrogens is 469 g/mol. The molecule has 2 aromatic rings. The number of nitrogens with one attached hydrogen (secondary N) is 1. The number of hydrogen-bond acceptors (Lipinski definition) is 2. The molecule has 4 nitrogen and oxygen atoms in total. The van der Waals surface area contributed by atoms with Crippen molar-refractivity contribution in [1.29, 1.82) is 0 Å². The molecule has 0 radical (unpaired) electrons. The molecule has 5 rings (SSSR count). The van der Waals surface area contributed by atoms with E-state index in [4.69, 9.17) is 0 Å². The number of carbonyl (C=O) groups is 1. The summed E-state index contributed by atoms with van der Waals surface area (Å²) in [6, 6.07) is 13.7. The number of urea groups is 1. The van der Waals surface area contributed by atoms with Crippen LogP contribution >= 0.6 is 15.9 Å². The van der Waals surface area contributed by atoms with Gasteiger partial charge in [-0.1, -0.05) is 47.3 Å². The van der Waals surface area contributed by atoms with Gasteiger partial charge in [-0.15, -0.1) is 0 Å². The number of rotatable bonds is 3. The molecular formula is C26H31BrFN3O. The molecule has 1 saturated heterocycles. The van der Waals surface area contributed by atoms with Gasteiger partial charge in [-0.3, -0.25) is 9.80 Å². The predicted octanol–water partition coefficient (Wildman–Crippen LogP) is 5.98. The van der Waals surface area contributed by atoms with Crippen molar-refractivity contribution in [1.82, 2.24) is 10.2 Å². The lowest BCUT2D eigenvalue weighted by Gasteiger charge is -2.40. The van der Waals surface area contributed by atoms with Crippen molar-refractivity contribution in [3.8, 4) is 0 Å². The van der Waals surface area contributed by atoms with Crippen LogP contribution in [0.4, 0.5) is 14.9 Å². The third kappa shape index (κ3) is 4.44. The van der Waals surface area contributed by atoms with E-state index in [0.717, 1.165) is 61.0 Å². The van der Waals surface area contributed by atoms with Crippen molar-refractivity contribution in [2.45, 2.75) is 62.9 Å². The lowest BCUT2D eigenvalue weighted by Crippen LogP contribution is -2.49. The number of carbonyl (C=O) groups excluding carboxylic acids is 1. The van der Waals surface area contributed by atoms with Crippen molar-refractivity contribution < 1.29 is 9.18 Å². The van der Waals surface area contributed by atoms with E-state index in [1.807, 2.05) is 11.0 Å². The van der Waals surface area contributed by atoms with E-state index < -0.39 is 0 Å². The van der Waals surface area contributed by atoms with Crippen molar-refractivity contribution in [3.05, 3.63) is 63.9 Å². The first-order valence-corrected chi connectivity index (χ1v) is 12.7. The van der Waals surface area contributed by atoms with E-state index in [9.17, 15) is 9.18 Å². The Morgan fingerprint density at radius 1 is 1.09 bits per heavy atom. The minimum atomic E-state index is -0.214. The van der Waals surface area contributed by atoms with Gasteiger partial charge in [-0.25, -0.2) is 9.18 Å². The largest absolute Gasteiger partial charge is 0.335 e. The van der Waals surface area contributed by atoms with Crippen LogP contribution < -0.4 is 10.2 Å². The Hall–Kier alpha value is -1.92. The SMILES string of the molecule is O=C(NC1CCCCC1)N1CC2(CCN(Cc3cccc(Br)c3)CC2)c2cc(F)ccc21. The smallest absolute Gasteiger partial charge is 0.322 e. The van der Waals surface area contributed by atoms with E-state index in [1.165, 1.54) is 30.9 Å². The lowest BCUT2D eigenvalue weighted by atomic mass is 9.74. The number of anilines is 1. The minimum absolute atomic E-state index is 0.0156. The monoisotopic (exact) mass is 499 g/mol. The molecule has 6 heteroatoms. The van der Waals surface area contributed by atoms with Crippen molar-refractivity contribution in [3.63, 3.8) is 0 Å². The Morgan fingerprint density at radius 3 is 2.62 bits per heavy atom. The van der Waals surface area contributed by atoms with Crippen molar-refractivity contribution in [2.24, 2.45) is 0 Å². The highest BCUT2D eigenvalue weighted by Crippen LogP contribution is 2.47. The Labute approximate surface area is 198 Å². The van der Waals surface area contributed by atoms with Crippen LogP contribution in [0.1, 0.15) is 56.1 Å². The first-order chi connectivity index (χ1) is 15.5. The zero-order valence-corrected chi connectivity index (χ0v) is 20.0. The van der Waals surface area contributed by atoms with E-state index in [-0.39, 0.29) is 23.3 Å². The first kappa shape index (κ1) is 21.9. The Kier molecular flexibility index (Phi) is 6.26. The van der Waals surface area contributed by atoms with E-state index in [1.54, 1.807) is 12.1 Å². The topological polar surface area (TPSA) is 35.6 Å². The highest BCUT2D eigenvalue weighted by molar-refractivity contribution is 9.10. The van der Waals surface area contributed by atoms with Crippen LogP contribution in [0.5, 0.6) is 0 Å². The van der Waals surface area contributed by atoms with Crippen LogP contribution in [0.25, 0.3) is 0 Å². The molecule has 2 heterocycles. The maximum Gasteiger partial charge on any atom is 0.322 e. The second-order valence-corrected chi connectivity index (χ2v) is 10.6. The van der Waals surface area contributed by atoms with Gasteiger partial charge < -0.3 is 5.32 Å². The quantitative estimate of drug-likeness (QED) is 0.563. The molecule has 1 N–H and O–H groups in total. The van der Waals surface area contributed by atoms with E-state index >= 15 is 0 Å². The van der Waals surface area contributed by atoms with Crippen LogP contribution in [-0.4, -0.2) is 36.6 Å². The molecule has 2 aliphatic heterocycles. The molecule has 0 aromatic heterocycles. The summed E-state index contributed by atoms with van der Waals surface area (Å²) in [5, 5.41) is 3.26. The van der Waals surface area contributed by atoms with Crippen LogP contribution in [0.15, 0.2) is 46.9 Å². The van der Waals surface area contributed by atoms with Crippen molar-refractivity contribution >= 4 is 27.6 Å². The van der Waals surface area contributed by atoms with Gasteiger partial charge in [0.1, 0.15) is 5.82 Å². The molecule has 1 spiro atoms. The summed E-state index contributed by atoms with van der Waals surface area (Å²) in [6.07, 6.45) is 7.62. The summed E-state index contributed by atoms with van der Waals surface area (Å²) >= 11 is 3.56. The molecule has 3 aliphatic rings.